The van der Waals surface area contributed by atoms with Crippen LogP contribution in [-0.4, -0.2) is 0 Å². The van der Waals surface area contributed by atoms with Crippen LogP contribution in [0.5, 0.6) is 0 Å². The molecule has 0 aliphatic rings. The van der Waals surface area contributed by atoms with Crippen LogP contribution >= 0.6 is 0 Å². The molecule has 5 rings (SSSR count). The maximum atomic E-state index is 3.62. The minimum Gasteiger partial charge on any atom is -0.355 e. The number of anilines is 5. The van der Waals surface area contributed by atoms with E-state index in [1.807, 2.05) is 12.1 Å². The van der Waals surface area contributed by atoms with Crippen molar-refractivity contribution in [3.8, 4) is 0 Å². The summed E-state index contributed by atoms with van der Waals surface area (Å²) in [4.78, 5) is 2.27. The van der Waals surface area contributed by atoms with E-state index in [9.17, 15) is 0 Å². The molecule has 0 atom stereocenters. The summed E-state index contributed by atoms with van der Waals surface area (Å²) >= 11 is 0. The van der Waals surface area contributed by atoms with E-state index in [0.29, 0.717) is 0 Å². The van der Waals surface area contributed by atoms with E-state index >= 15 is 0 Å². The summed E-state index contributed by atoms with van der Waals surface area (Å²) < 4.78 is 0. The van der Waals surface area contributed by atoms with Gasteiger partial charge in [0, 0.05) is 33.8 Å². The molecule has 0 spiro atoms. The molecule has 0 fully saturated rings. The molecule has 5 aromatic rings. The van der Waals surface area contributed by atoms with E-state index in [1.165, 1.54) is 10.8 Å². The van der Waals surface area contributed by atoms with Crippen LogP contribution in [0.1, 0.15) is 0 Å². The Labute approximate surface area is 177 Å². The lowest BCUT2D eigenvalue weighted by atomic mass is 10.1. The molecule has 30 heavy (non-hydrogen) atoms. The average molecular weight is 386 g/mol. The van der Waals surface area contributed by atoms with Gasteiger partial charge in [-0.15, -0.1) is 0 Å². The van der Waals surface area contributed by atoms with Crippen LogP contribution in [0.3, 0.4) is 0 Å². The summed E-state index contributed by atoms with van der Waals surface area (Å²) in [5.74, 6) is 0. The van der Waals surface area contributed by atoms with Gasteiger partial charge in [-0.25, -0.2) is 0 Å². The normalized spacial score (nSPS) is 10.7. The highest BCUT2D eigenvalue weighted by Crippen LogP contribution is 2.36. The predicted molar refractivity (Wildman–Crippen MR) is 128 cm³/mol. The van der Waals surface area contributed by atoms with E-state index in [2.05, 4.69) is 125 Å². The van der Waals surface area contributed by atoms with Gasteiger partial charge in [0.2, 0.25) is 0 Å². The Morgan fingerprint density at radius 1 is 0.467 bits per heavy atom. The van der Waals surface area contributed by atoms with Crippen LogP contribution in [0.4, 0.5) is 28.4 Å². The molecule has 0 bridgehead atoms. The topological polar surface area (TPSA) is 15.3 Å². The molecule has 0 aromatic heterocycles. The van der Waals surface area contributed by atoms with Gasteiger partial charge in [0.25, 0.3) is 0 Å². The molecule has 0 amide bonds. The van der Waals surface area contributed by atoms with E-state index in [1.54, 1.807) is 0 Å². The number of hydrogen-bond donors (Lipinski definition) is 1. The second-order valence-electron chi connectivity index (χ2n) is 7.21. The van der Waals surface area contributed by atoms with Gasteiger partial charge in [-0.2, -0.15) is 0 Å². The molecule has 0 saturated carbocycles. The van der Waals surface area contributed by atoms with Crippen LogP contribution in [-0.2, 0) is 0 Å². The first-order valence-corrected chi connectivity index (χ1v) is 10.1. The summed E-state index contributed by atoms with van der Waals surface area (Å²) in [6, 6.07) is 44.3. The Morgan fingerprint density at radius 3 is 1.77 bits per heavy atom. The van der Waals surface area contributed by atoms with E-state index in [4.69, 9.17) is 0 Å². The average Bonchev–Trinajstić information content (AvgIpc) is 2.81. The first-order valence-electron chi connectivity index (χ1n) is 10.1. The van der Waals surface area contributed by atoms with Crippen LogP contribution in [0.15, 0.2) is 127 Å². The quantitative estimate of drug-likeness (QED) is 0.329. The van der Waals surface area contributed by atoms with Crippen LogP contribution < -0.4 is 10.2 Å². The minimum absolute atomic E-state index is 1.06. The van der Waals surface area contributed by atoms with E-state index in [0.717, 1.165) is 28.4 Å². The van der Waals surface area contributed by atoms with Crippen molar-refractivity contribution in [1.82, 2.24) is 0 Å². The van der Waals surface area contributed by atoms with Gasteiger partial charge in [0.1, 0.15) is 0 Å². The molecule has 5 aromatic carbocycles. The Balaban J connectivity index is 1.56. The zero-order chi connectivity index (χ0) is 20.2. The van der Waals surface area contributed by atoms with Crippen molar-refractivity contribution < 1.29 is 0 Å². The number of nitrogens with one attached hydrogen (secondary N) is 1. The molecule has 2 heteroatoms. The maximum Gasteiger partial charge on any atom is 0.0482 e. The van der Waals surface area contributed by atoms with Gasteiger partial charge in [-0.3, -0.25) is 0 Å². The van der Waals surface area contributed by atoms with Crippen molar-refractivity contribution in [1.29, 1.82) is 0 Å². The van der Waals surface area contributed by atoms with Crippen LogP contribution in [0, 0.1) is 0 Å². The van der Waals surface area contributed by atoms with E-state index in [-0.39, 0.29) is 0 Å². The fraction of sp³-hybridized carbons (Fsp3) is 0. The van der Waals surface area contributed by atoms with Gasteiger partial charge < -0.3 is 10.2 Å². The molecule has 0 aliphatic carbocycles. The lowest BCUT2D eigenvalue weighted by molar-refractivity contribution is 1.28. The fourth-order valence-electron chi connectivity index (χ4n) is 3.81. The molecule has 0 aliphatic heterocycles. The summed E-state index contributed by atoms with van der Waals surface area (Å²) in [6.45, 7) is 0. The predicted octanol–water partition coefficient (Wildman–Crippen LogP) is 8.05. The summed E-state index contributed by atoms with van der Waals surface area (Å²) in [5, 5.41) is 6.06. The number of para-hydroxylation sites is 2. The number of benzene rings is 5. The number of hydrogen-bond acceptors (Lipinski definition) is 2. The fourth-order valence-corrected chi connectivity index (χ4v) is 3.81. The molecule has 0 saturated heterocycles. The largest absolute Gasteiger partial charge is 0.355 e. The Hall–Kier alpha value is -4.04. The molecule has 144 valence electrons. The highest BCUT2D eigenvalue weighted by atomic mass is 15.1. The van der Waals surface area contributed by atoms with Gasteiger partial charge in [-0.1, -0.05) is 78.9 Å². The summed E-state index contributed by atoms with van der Waals surface area (Å²) in [6.07, 6.45) is 0. The number of fused-ring (bicyclic) bond motifs is 1. The maximum absolute atomic E-state index is 3.62. The molecule has 1 N–H and O–H groups in total. The van der Waals surface area contributed by atoms with Crippen LogP contribution in [0.2, 0.25) is 0 Å². The zero-order valence-corrected chi connectivity index (χ0v) is 16.6. The van der Waals surface area contributed by atoms with Crippen molar-refractivity contribution in [2.75, 3.05) is 10.2 Å². The van der Waals surface area contributed by atoms with Gasteiger partial charge in [0.15, 0.2) is 0 Å². The van der Waals surface area contributed by atoms with Crippen LogP contribution in [0.25, 0.3) is 10.8 Å². The molecule has 0 heterocycles. The van der Waals surface area contributed by atoms with Crippen molar-refractivity contribution in [2.24, 2.45) is 0 Å². The highest BCUT2D eigenvalue weighted by molar-refractivity contribution is 5.95. The smallest absolute Gasteiger partial charge is 0.0482 e. The van der Waals surface area contributed by atoms with Crippen molar-refractivity contribution in [3.05, 3.63) is 127 Å². The molecular weight excluding hydrogens is 364 g/mol. The molecule has 0 unspecified atom stereocenters. The summed E-state index contributed by atoms with van der Waals surface area (Å²) in [5.41, 5.74) is 5.53. The molecule has 0 radical (unpaired) electrons. The summed E-state index contributed by atoms with van der Waals surface area (Å²) in [7, 11) is 0. The van der Waals surface area contributed by atoms with Gasteiger partial charge >= 0.3 is 0 Å². The highest BCUT2D eigenvalue weighted by Gasteiger charge is 2.12. The number of rotatable bonds is 5. The van der Waals surface area contributed by atoms with E-state index < -0.39 is 0 Å². The minimum atomic E-state index is 1.06. The van der Waals surface area contributed by atoms with Crippen molar-refractivity contribution >= 4 is 39.2 Å². The third-order valence-electron chi connectivity index (χ3n) is 5.20. The Morgan fingerprint density at radius 2 is 1.03 bits per heavy atom. The molecular formula is C28H22N2. The Kier molecular flexibility index (Phi) is 4.89. The SMILES string of the molecule is c1ccc(N(c2ccccc2)c2cccc(Nc3cccc4ccccc34)c2)cc1. The first-order chi connectivity index (χ1) is 14.9. The number of nitrogens with zero attached hydrogens (tertiary/aromatic N) is 1. The monoisotopic (exact) mass is 386 g/mol. The molecule has 2 nitrogen and oxygen atoms in total. The van der Waals surface area contributed by atoms with Crippen molar-refractivity contribution in [3.63, 3.8) is 0 Å². The third-order valence-corrected chi connectivity index (χ3v) is 5.20. The zero-order valence-electron chi connectivity index (χ0n) is 16.6. The van der Waals surface area contributed by atoms with Gasteiger partial charge in [-0.05, 0) is 53.9 Å². The standard InChI is InChI=1S/C28H22N2/c1-3-14-24(15-4-1)30(25-16-5-2-6-17-25)26-18-10-13-23(21-26)29-28-20-9-12-22-11-7-8-19-27(22)28/h1-21,29H. The third kappa shape index (κ3) is 3.63. The lowest BCUT2D eigenvalue weighted by Gasteiger charge is -2.26. The lowest BCUT2D eigenvalue weighted by Crippen LogP contribution is -2.09. The van der Waals surface area contributed by atoms with Crippen molar-refractivity contribution in [2.45, 2.75) is 0 Å². The Bertz CT molecular complexity index is 1220. The van der Waals surface area contributed by atoms with Gasteiger partial charge in [0.05, 0.1) is 0 Å². The second kappa shape index (κ2) is 8.14. The second-order valence-corrected chi connectivity index (χ2v) is 7.21. The first kappa shape index (κ1) is 18.0.